The molecule has 1 heterocycles. The van der Waals surface area contributed by atoms with Crippen LogP contribution in [0.3, 0.4) is 0 Å². The van der Waals surface area contributed by atoms with E-state index in [1.54, 1.807) is 0 Å². The van der Waals surface area contributed by atoms with E-state index in [1.165, 1.54) is 0 Å². The molecule has 9 aliphatic carbocycles. The van der Waals surface area contributed by atoms with Gasteiger partial charge in [-0.05, 0) is 82.9 Å². The maximum absolute atomic E-state index is 10.1. The van der Waals surface area contributed by atoms with Gasteiger partial charge in [-0.1, -0.05) is 36.5 Å². The van der Waals surface area contributed by atoms with E-state index >= 15 is 0 Å². The van der Waals surface area contributed by atoms with Crippen molar-refractivity contribution < 1.29 is 14.9 Å². The molecule has 4 fully saturated rings. The summed E-state index contributed by atoms with van der Waals surface area (Å²) in [4.78, 5) is 0. The fourth-order valence-corrected chi connectivity index (χ4v) is 9.57. The van der Waals surface area contributed by atoms with Crippen LogP contribution in [0, 0.1) is 82.9 Å². The first-order chi connectivity index (χ1) is 13.3. The molecule has 0 spiro atoms. The first-order valence-corrected chi connectivity index (χ1v) is 11.2. The van der Waals surface area contributed by atoms with Gasteiger partial charge in [0.05, 0.1) is 13.2 Å². The molecule has 3 saturated carbocycles. The molecule has 144 valence electrons. The Hall–Kier alpha value is -0.900. The fraction of sp³-hybridized carbons (Fsp3) is 0.750. The van der Waals surface area contributed by atoms with Gasteiger partial charge in [0.2, 0.25) is 0 Å². The first-order valence-electron chi connectivity index (χ1n) is 11.2. The minimum absolute atomic E-state index is 0.222. The van der Waals surface area contributed by atoms with Crippen molar-refractivity contribution in [3.05, 3.63) is 36.5 Å². The lowest BCUT2D eigenvalue weighted by Gasteiger charge is -2.69. The van der Waals surface area contributed by atoms with Crippen LogP contribution in [0.5, 0.6) is 0 Å². The number of rotatable bonds is 2. The van der Waals surface area contributed by atoms with Gasteiger partial charge in [-0.3, -0.25) is 0 Å². The van der Waals surface area contributed by atoms with Gasteiger partial charge in [-0.2, -0.15) is 0 Å². The highest BCUT2D eigenvalue weighted by molar-refractivity contribution is 5.31. The summed E-state index contributed by atoms with van der Waals surface area (Å²) in [5, 5.41) is 20.3. The SMILES string of the molecule is OC[C@@H]1[C@@H]2C=C[C@H]([C@@H]1CO)[C@H]1[C@H]3C=C[C@H]([C@@H]4[C@@H]5C=C[C@@H]([C@H]6COC[C@@H]56)[C@H]34)[C@@H]21. The Morgan fingerprint density at radius 3 is 1.37 bits per heavy atom. The molecule has 1 saturated heterocycles. The monoisotopic (exact) mass is 366 g/mol. The van der Waals surface area contributed by atoms with Crippen molar-refractivity contribution >= 4 is 0 Å². The van der Waals surface area contributed by atoms with E-state index in [1.807, 2.05) is 0 Å². The van der Waals surface area contributed by atoms with E-state index in [2.05, 4.69) is 36.5 Å². The zero-order valence-corrected chi connectivity index (χ0v) is 15.7. The van der Waals surface area contributed by atoms with E-state index in [0.717, 1.165) is 36.9 Å². The number of aliphatic hydroxyl groups excluding tert-OH is 2. The van der Waals surface area contributed by atoms with Gasteiger partial charge >= 0.3 is 0 Å². The van der Waals surface area contributed by atoms with Crippen molar-refractivity contribution in [3.8, 4) is 0 Å². The average Bonchev–Trinajstić information content (AvgIpc) is 3.25. The highest BCUT2D eigenvalue weighted by atomic mass is 16.5. The lowest BCUT2D eigenvalue weighted by atomic mass is 9.35. The number of ether oxygens (including phenoxy) is 1. The summed E-state index contributed by atoms with van der Waals surface area (Å²) < 4.78 is 5.97. The molecular weight excluding hydrogens is 336 g/mol. The Balaban J connectivity index is 1.35. The van der Waals surface area contributed by atoms with Gasteiger partial charge in [-0.15, -0.1) is 0 Å². The molecule has 0 aromatic rings. The maximum atomic E-state index is 10.1. The molecular formula is C24H30O3. The maximum Gasteiger partial charge on any atom is 0.0503 e. The number of hydrogen-bond donors (Lipinski definition) is 2. The second-order valence-electron chi connectivity index (χ2n) is 10.5. The summed E-state index contributed by atoms with van der Waals surface area (Å²) in [7, 11) is 0. The van der Waals surface area contributed by atoms with Crippen molar-refractivity contribution in [3.63, 3.8) is 0 Å². The van der Waals surface area contributed by atoms with Crippen LogP contribution in [0.4, 0.5) is 0 Å². The first kappa shape index (κ1) is 16.0. The number of hydrogen-bond acceptors (Lipinski definition) is 3. The standard InChI is InChI=1S/C24H30O3/c25-7-17-11-1-2-12(18(17)8-26)22-16-6-5-15(21(11)22)23-13-3-4-14(24(16)23)20-10-27-9-19(13)20/h1-6,11-26H,7-10H2/t11-,12+,13+,14-,15-,16+,17+,18-,19-,20+,21+,22-,23-,24+. The summed E-state index contributed by atoms with van der Waals surface area (Å²) in [6.07, 6.45) is 15.1. The minimum atomic E-state index is 0.222. The number of aliphatic hydroxyl groups is 2. The van der Waals surface area contributed by atoms with Crippen LogP contribution in [0.15, 0.2) is 36.5 Å². The third-order valence-electron chi connectivity index (χ3n) is 10.2. The quantitative estimate of drug-likeness (QED) is 0.738. The van der Waals surface area contributed by atoms with E-state index < -0.39 is 0 Å². The highest BCUT2D eigenvalue weighted by Crippen LogP contribution is 2.70. The van der Waals surface area contributed by atoms with Crippen LogP contribution in [0.25, 0.3) is 0 Å². The van der Waals surface area contributed by atoms with Crippen LogP contribution in [-0.2, 0) is 4.74 Å². The molecule has 0 radical (unpaired) electrons. The molecule has 0 aromatic heterocycles. The Morgan fingerprint density at radius 2 is 0.926 bits per heavy atom. The van der Waals surface area contributed by atoms with E-state index in [4.69, 9.17) is 4.74 Å². The molecule has 27 heavy (non-hydrogen) atoms. The zero-order chi connectivity index (χ0) is 17.9. The van der Waals surface area contributed by atoms with Crippen LogP contribution in [0.2, 0.25) is 0 Å². The molecule has 0 aromatic carbocycles. The van der Waals surface area contributed by atoms with Crippen molar-refractivity contribution in [2.45, 2.75) is 0 Å². The molecule has 10 aliphatic rings. The Kier molecular flexibility index (Phi) is 3.17. The minimum Gasteiger partial charge on any atom is -0.396 e. The smallest absolute Gasteiger partial charge is 0.0503 e. The Labute approximate surface area is 161 Å². The van der Waals surface area contributed by atoms with Crippen molar-refractivity contribution in [1.29, 1.82) is 0 Å². The van der Waals surface area contributed by atoms with Crippen LogP contribution in [0.1, 0.15) is 0 Å². The van der Waals surface area contributed by atoms with E-state index in [0.29, 0.717) is 47.3 Å². The normalized spacial score (nSPS) is 63.3. The third kappa shape index (κ3) is 1.73. The van der Waals surface area contributed by atoms with Gasteiger partial charge in [0.15, 0.2) is 0 Å². The van der Waals surface area contributed by atoms with Gasteiger partial charge in [0.25, 0.3) is 0 Å². The van der Waals surface area contributed by atoms with Crippen LogP contribution < -0.4 is 0 Å². The molecule has 3 heteroatoms. The lowest BCUT2D eigenvalue weighted by molar-refractivity contribution is -0.165. The van der Waals surface area contributed by atoms with Gasteiger partial charge in [-0.25, -0.2) is 0 Å². The predicted molar refractivity (Wildman–Crippen MR) is 101 cm³/mol. The van der Waals surface area contributed by atoms with Crippen molar-refractivity contribution in [2.24, 2.45) is 82.9 Å². The summed E-state index contributed by atoms with van der Waals surface area (Å²) in [6, 6.07) is 0. The summed E-state index contributed by atoms with van der Waals surface area (Å²) >= 11 is 0. The average molecular weight is 367 g/mol. The molecule has 0 unspecified atom stereocenters. The fourth-order valence-electron chi connectivity index (χ4n) is 9.57. The molecule has 3 nitrogen and oxygen atoms in total. The molecule has 14 atom stereocenters. The van der Waals surface area contributed by atoms with Gasteiger partial charge < -0.3 is 14.9 Å². The van der Waals surface area contributed by atoms with E-state index in [9.17, 15) is 10.2 Å². The predicted octanol–water partition coefficient (Wildman–Crippen LogP) is 2.38. The second-order valence-corrected chi connectivity index (χ2v) is 10.5. The zero-order valence-electron chi connectivity index (χ0n) is 15.7. The van der Waals surface area contributed by atoms with Gasteiger partial charge in [0.1, 0.15) is 0 Å². The van der Waals surface area contributed by atoms with E-state index in [-0.39, 0.29) is 25.0 Å². The largest absolute Gasteiger partial charge is 0.396 e. The summed E-state index contributed by atoms with van der Waals surface area (Å²) in [5.41, 5.74) is 0. The molecule has 2 N–H and O–H groups in total. The number of allylic oxidation sites excluding steroid dienone is 6. The molecule has 0 amide bonds. The number of fused-ring (bicyclic) bond motifs is 1. The van der Waals surface area contributed by atoms with Crippen LogP contribution >= 0.6 is 0 Å². The second kappa shape index (κ2) is 5.37. The van der Waals surface area contributed by atoms with Gasteiger partial charge in [0, 0.05) is 13.2 Å². The summed E-state index contributed by atoms with van der Waals surface area (Å²) in [6.45, 7) is 2.37. The molecule has 10 rings (SSSR count). The Morgan fingerprint density at radius 1 is 0.556 bits per heavy atom. The van der Waals surface area contributed by atoms with Crippen molar-refractivity contribution in [1.82, 2.24) is 0 Å². The molecule has 1 aliphatic heterocycles. The summed E-state index contributed by atoms with van der Waals surface area (Å²) in [5.74, 6) is 8.43. The Bertz CT molecular complexity index is 682. The van der Waals surface area contributed by atoms with Crippen molar-refractivity contribution in [2.75, 3.05) is 26.4 Å². The lowest BCUT2D eigenvalue weighted by Crippen LogP contribution is -2.66. The topological polar surface area (TPSA) is 49.7 Å². The molecule has 6 bridgehead atoms. The third-order valence-corrected chi connectivity index (χ3v) is 10.2. The highest BCUT2D eigenvalue weighted by Gasteiger charge is 2.67. The van der Waals surface area contributed by atoms with Crippen LogP contribution in [-0.4, -0.2) is 36.6 Å².